The fourth-order valence-electron chi connectivity index (χ4n) is 2.99. The van der Waals surface area contributed by atoms with Crippen LogP contribution in [0.5, 0.6) is 0 Å². The number of rotatable bonds is 4. The van der Waals surface area contributed by atoms with Crippen LogP contribution in [0.15, 0.2) is 40.3 Å². The summed E-state index contributed by atoms with van der Waals surface area (Å²) >= 11 is 0. The molecule has 2 heterocycles. The Balaban J connectivity index is 1.91. The maximum Gasteiger partial charge on any atom is 0.227 e. The predicted molar refractivity (Wildman–Crippen MR) is 98.5 cm³/mol. The number of hydrogen-bond donors (Lipinski definition) is 1. The minimum absolute atomic E-state index is 0.00325. The second kappa shape index (κ2) is 7.00. The van der Waals surface area contributed by atoms with Crippen molar-refractivity contribution in [3.05, 3.63) is 36.0 Å². The number of nitrogens with zero attached hydrogens (tertiary/aromatic N) is 3. The molecule has 1 fully saturated rings. The first-order valence-corrected chi connectivity index (χ1v) is 10.1. The Morgan fingerprint density at radius 1 is 1.08 bits per heavy atom. The van der Waals surface area contributed by atoms with Gasteiger partial charge in [0.25, 0.3) is 0 Å². The molecule has 0 atom stereocenters. The molecule has 25 heavy (non-hydrogen) atoms. The molecule has 0 bridgehead atoms. The number of benzene rings is 1. The summed E-state index contributed by atoms with van der Waals surface area (Å²) in [7, 11) is -3.73. The summed E-state index contributed by atoms with van der Waals surface area (Å²) in [5.74, 6) is 0.851. The van der Waals surface area contributed by atoms with E-state index in [0.29, 0.717) is 11.9 Å². The van der Waals surface area contributed by atoms with E-state index in [1.807, 2.05) is 17.0 Å². The standard InChI is InChI=1S/C18H24N4O2S/c1-13(2)14-6-8-15(9-7-14)25(23,24)16-12-20-18(21-17(16)19)22-10-4-3-5-11-22/h6-9,12-13H,3-5,10-11H2,1-2H3,(H2,19,20,21). The average Bonchev–Trinajstić information content (AvgIpc) is 2.62. The zero-order chi connectivity index (χ0) is 18.0. The van der Waals surface area contributed by atoms with Crippen LogP contribution in [0.3, 0.4) is 0 Å². The lowest BCUT2D eigenvalue weighted by atomic mass is 10.0. The van der Waals surface area contributed by atoms with E-state index >= 15 is 0 Å². The van der Waals surface area contributed by atoms with Gasteiger partial charge in [0.05, 0.1) is 11.1 Å². The Bertz CT molecular complexity index is 842. The normalized spacial score (nSPS) is 15.6. The number of nitrogens with two attached hydrogens (primary N) is 1. The summed E-state index contributed by atoms with van der Waals surface area (Å²) in [5, 5.41) is 0. The molecule has 1 aliphatic heterocycles. The molecular weight excluding hydrogens is 336 g/mol. The van der Waals surface area contributed by atoms with Gasteiger partial charge in [-0.1, -0.05) is 26.0 Å². The predicted octanol–water partition coefficient (Wildman–Crippen LogP) is 3.01. The molecule has 0 amide bonds. The molecule has 0 saturated carbocycles. The van der Waals surface area contributed by atoms with Crippen LogP contribution in [0.25, 0.3) is 0 Å². The Labute approximate surface area is 149 Å². The largest absolute Gasteiger partial charge is 0.382 e. The number of aromatic nitrogens is 2. The van der Waals surface area contributed by atoms with Crippen molar-refractivity contribution in [3.63, 3.8) is 0 Å². The van der Waals surface area contributed by atoms with Gasteiger partial charge in [0, 0.05) is 13.1 Å². The first kappa shape index (κ1) is 17.7. The highest BCUT2D eigenvalue weighted by Crippen LogP contribution is 2.27. The minimum atomic E-state index is -3.73. The fraction of sp³-hybridized carbons (Fsp3) is 0.444. The highest BCUT2D eigenvalue weighted by atomic mass is 32.2. The maximum atomic E-state index is 12.8. The molecule has 0 aliphatic carbocycles. The molecule has 1 aromatic heterocycles. The number of sulfone groups is 1. The van der Waals surface area contributed by atoms with Crippen molar-refractivity contribution in [2.45, 2.75) is 48.8 Å². The van der Waals surface area contributed by atoms with Crippen LogP contribution in [-0.2, 0) is 9.84 Å². The third-order valence-electron chi connectivity index (χ3n) is 4.56. The van der Waals surface area contributed by atoms with Gasteiger partial charge in [-0.3, -0.25) is 0 Å². The van der Waals surface area contributed by atoms with Crippen LogP contribution in [0.4, 0.5) is 11.8 Å². The highest BCUT2D eigenvalue weighted by Gasteiger charge is 2.24. The summed E-state index contributed by atoms with van der Waals surface area (Å²) in [6.07, 6.45) is 4.71. The molecule has 1 saturated heterocycles. The van der Waals surface area contributed by atoms with Crippen LogP contribution >= 0.6 is 0 Å². The van der Waals surface area contributed by atoms with Crippen LogP contribution in [0.1, 0.15) is 44.6 Å². The second-order valence-electron chi connectivity index (χ2n) is 6.69. The second-order valence-corrected chi connectivity index (χ2v) is 8.61. The molecule has 1 aromatic carbocycles. The Morgan fingerprint density at radius 3 is 2.28 bits per heavy atom. The van der Waals surface area contributed by atoms with Gasteiger partial charge in [0.15, 0.2) is 0 Å². The van der Waals surface area contributed by atoms with Crippen LogP contribution in [0, 0.1) is 0 Å². The van der Waals surface area contributed by atoms with Crippen molar-refractivity contribution in [1.29, 1.82) is 0 Å². The third kappa shape index (κ3) is 3.61. The van der Waals surface area contributed by atoms with Crippen molar-refractivity contribution < 1.29 is 8.42 Å². The summed E-state index contributed by atoms with van der Waals surface area (Å²) in [6, 6.07) is 6.89. The van der Waals surface area contributed by atoms with Gasteiger partial charge < -0.3 is 10.6 Å². The van der Waals surface area contributed by atoms with E-state index in [0.717, 1.165) is 31.5 Å². The SMILES string of the molecule is CC(C)c1ccc(S(=O)(=O)c2cnc(N3CCCCC3)nc2N)cc1. The molecule has 2 N–H and O–H groups in total. The Hall–Kier alpha value is -2.15. The van der Waals surface area contributed by atoms with E-state index in [-0.39, 0.29) is 15.6 Å². The van der Waals surface area contributed by atoms with Crippen molar-refractivity contribution in [2.24, 2.45) is 0 Å². The van der Waals surface area contributed by atoms with Gasteiger partial charge in [0.1, 0.15) is 10.7 Å². The lowest BCUT2D eigenvalue weighted by molar-refractivity contribution is 0.567. The molecule has 0 spiro atoms. The van der Waals surface area contributed by atoms with Crippen LogP contribution < -0.4 is 10.6 Å². The van der Waals surface area contributed by atoms with Gasteiger partial charge in [-0.25, -0.2) is 13.4 Å². The molecule has 7 heteroatoms. The summed E-state index contributed by atoms with van der Waals surface area (Å²) in [4.78, 5) is 10.7. The highest BCUT2D eigenvalue weighted by molar-refractivity contribution is 7.91. The van der Waals surface area contributed by atoms with Gasteiger partial charge in [-0.15, -0.1) is 0 Å². The van der Waals surface area contributed by atoms with Crippen molar-refractivity contribution in [1.82, 2.24) is 9.97 Å². The molecule has 6 nitrogen and oxygen atoms in total. The molecule has 1 aliphatic rings. The molecule has 134 valence electrons. The van der Waals surface area contributed by atoms with Gasteiger partial charge in [0.2, 0.25) is 15.8 Å². The topological polar surface area (TPSA) is 89.2 Å². The van der Waals surface area contributed by atoms with Gasteiger partial charge in [-0.2, -0.15) is 4.98 Å². The van der Waals surface area contributed by atoms with E-state index < -0.39 is 9.84 Å². The summed E-state index contributed by atoms with van der Waals surface area (Å²) in [5.41, 5.74) is 7.06. The molecule has 3 rings (SSSR count). The minimum Gasteiger partial charge on any atom is -0.382 e. The first-order chi connectivity index (χ1) is 11.9. The van der Waals surface area contributed by atoms with Gasteiger partial charge >= 0.3 is 0 Å². The third-order valence-corrected chi connectivity index (χ3v) is 6.34. The lowest BCUT2D eigenvalue weighted by Crippen LogP contribution is -2.31. The monoisotopic (exact) mass is 360 g/mol. The Morgan fingerprint density at radius 2 is 1.72 bits per heavy atom. The molecule has 0 radical (unpaired) electrons. The number of nitrogen functional groups attached to an aromatic ring is 1. The molecular formula is C18H24N4O2S. The van der Waals surface area contributed by atoms with Crippen LogP contribution in [-0.4, -0.2) is 31.5 Å². The Kier molecular flexibility index (Phi) is 4.94. The van der Waals surface area contributed by atoms with E-state index in [4.69, 9.17) is 5.73 Å². The smallest absolute Gasteiger partial charge is 0.227 e. The van der Waals surface area contributed by atoms with Crippen molar-refractivity contribution in [3.8, 4) is 0 Å². The summed E-state index contributed by atoms with van der Waals surface area (Å²) < 4.78 is 25.7. The van der Waals surface area contributed by atoms with Crippen molar-refractivity contribution >= 4 is 21.6 Å². The first-order valence-electron chi connectivity index (χ1n) is 8.62. The zero-order valence-corrected chi connectivity index (χ0v) is 15.5. The lowest BCUT2D eigenvalue weighted by Gasteiger charge is -2.26. The number of piperidine rings is 1. The van der Waals surface area contributed by atoms with E-state index in [1.165, 1.54) is 12.6 Å². The maximum absolute atomic E-state index is 12.8. The van der Waals surface area contributed by atoms with Crippen molar-refractivity contribution in [2.75, 3.05) is 23.7 Å². The zero-order valence-electron chi connectivity index (χ0n) is 14.6. The molecule has 0 unspecified atom stereocenters. The fourth-order valence-corrected chi connectivity index (χ4v) is 4.25. The molecule has 2 aromatic rings. The number of anilines is 2. The van der Waals surface area contributed by atoms with E-state index in [2.05, 4.69) is 23.8 Å². The van der Waals surface area contributed by atoms with E-state index in [1.54, 1.807) is 12.1 Å². The quantitative estimate of drug-likeness (QED) is 0.901. The van der Waals surface area contributed by atoms with Gasteiger partial charge in [-0.05, 0) is 42.9 Å². The number of hydrogen-bond acceptors (Lipinski definition) is 6. The van der Waals surface area contributed by atoms with E-state index in [9.17, 15) is 8.42 Å². The average molecular weight is 360 g/mol. The van der Waals surface area contributed by atoms with Crippen LogP contribution in [0.2, 0.25) is 0 Å². The summed E-state index contributed by atoms with van der Waals surface area (Å²) in [6.45, 7) is 5.88.